The summed E-state index contributed by atoms with van der Waals surface area (Å²) in [7, 11) is 0. The number of fused-ring (bicyclic) bond motifs is 1. The van der Waals surface area contributed by atoms with Gasteiger partial charge in [0.25, 0.3) is 0 Å². The highest BCUT2D eigenvalue weighted by Crippen LogP contribution is 2.36. The number of hydrogen-bond donors (Lipinski definition) is 1. The molecule has 1 unspecified atom stereocenters. The Kier molecular flexibility index (Phi) is 3.34. The molecule has 0 radical (unpaired) electrons. The quantitative estimate of drug-likeness (QED) is 0.781. The summed E-state index contributed by atoms with van der Waals surface area (Å²) < 4.78 is 39.8. The molecule has 0 amide bonds. The first-order chi connectivity index (χ1) is 9.56. The van der Waals surface area contributed by atoms with Gasteiger partial charge < -0.3 is 5.32 Å². The van der Waals surface area contributed by atoms with Crippen LogP contribution in [-0.4, -0.2) is 0 Å². The number of hydrogen-bond acceptors (Lipinski definition) is 1. The van der Waals surface area contributed by atoms with E-state index in [0.717, 1.165) is 30.0 Å². The Morgan fingerprint density at radius 3 is 2.65 bits per heavy atom. The first-order valence-corrected chi connectivity index (χ1v) is 6.62. The standard InChI is InChI=1S/C15H11ClF3N/c16-9-2-3-10-8(7-9)1-5-12(10)20-13-6-4-11(17)14(18)15(13)19/h2-4,6-7,12,20H,1,5H2. The van der Waals surface area contributed by atoms with E-state index in [1.807, 2.05) is 12.1 Å². The Hall–Kier alpha value is -1.68. The van der Waals surface area contributed by atoms with Crippen LogP contribution < -0.4 is 5.32 Å². The highest BCUT2D eigenvalue weighted by molar-refractivity contribution is 6.30. The van der Waals surface area contributed by atoms with Crippen LogP contribution in [0.3, 0.4) is 0 Å². The molecule has 0 aliphatic heterocycles. The van der Waals surface area contributed by atoms with E-state index >= 15 is 0 Å². The largest absolute Gasteiger partial charge is 0.376 e. The number of halogens is 4. The normalized spacial score (nSPS) is 17.1. The molecule has 1 nitrogen and oxygen atoms in total. The predicted molar refractivity (Wildman–Crippen MR) is 72.5 cm³/mol. The highest BCUT2D eigenvalue weighted by atomic mass is 35.5. The van der Waals surface area contributed by atoms with Gasteiger partial charge in [-0.05, 0) is 48.2 Å². The highest BCUT2D eigenvalue weighted by Gasteiger charge is 2.24. The van der Waals surface area contributed by atoms with Crippen molar-refractivity contribution < 1.29 is 13.2 Å². The zero-order valence-corrected chi connectivity index (χ0v) is 11.1. The summed E-state index contributed by atoms with van der Waals surface area (Å²) >= 11 is 5.92. The van der Waals surface area contributed by atoms with E-state index in [4.69, 9.17) is 11.6 Å². The Morgan fingerprint density at radius 2 is 1.85 bits per heavy atom. The van der Waals surface area contributed by atoms with Gasteiger partial charge in [-0.3, -0.25) is 0 Å². The molecule has 0 aromatic heterocycles. The summed E-state index contributed by atoms with van der Waals surface area (Å²) in [6, 6.07) is 7.52. The van der Waals surface area contributed by atoms with Gasteiger partial charge >= 0.3 is 0 Å². The van der Waals surface area contributed by atoms with Gasteiger partial charge in [-0.25, -0.2) is 13.2 Å². The number of nitrogens with one attached hydrogen (secondary N) is 1. The van der Waals surface area contributed by atoms with Crippen LogP contribution in [0.5, 0.6) is 0 Å². The molecule has 0 fully saturated rings. The monoisotopic (exact) mass is 297 g/mol. The third kappa shape index (κ3) is 2.24. The molecule has 0 saturated carbocycles. The van der Waals surface area contributed by atoms with Crippen LogP contribution in [0.4, 0.5) is 18.9 Å². The number of anilines is 1. The first kappa shape index (κ1) is 13.3. The lowest BCUT2D eigenvalue weighted by molar-refractivity contribution is 0.448. The molecular formula is C15H11ClF3N. The molecule has 1 aliphatic carbocycles. The van der Waals surface area contributed by atoms with Gasteiger partial charge in [-0.1, -0.05) is 17.7 Å². The van der Waals surface area contributed by atoms with Crippen molar-refractivity contribution in [3.05, 3.63) is 63.9 Å². The van der Waals surface area contributed by atoms with Crippen LogP contribution in [0, 0.1) is 17.5 Å². The summed E-state index contributed by atoms with van der Waals surface area (Å²) in [5.74, 6) is -3.83. The second kappa shape index (κ2) is 5.02. The van der Waals surface area contributed by atoms with Gasteiger partial charge in [0.1, 0.15) is 0 Å². The molecule has 5 heteroatoms. The fourth-order valence-electron chi connectivity index (χ4n) is 2.56. The Bertz CT molecular complexity index is 672. The van der Waals surface area contributed by atoms with Crippen LogP contribution in [0.1, 0.15) is 23.6 Å². The molecule has 0 bridgehead atoms. The SMILES string of the molecule is Fc1ccc(NC2CCc3cc(Cl)ccc32)c(F)c1F. The summed E-state index contributed by atoms with van der Waals surface area (Å²) in [5.41, 5.74) is 2.08. The van der Waals surface area contributed by atoms with E-state index in [0.29, 0.717) is 5.02 Å². The van der Waals surface area contributed by atoms with Crippen molar-refractivity contribution in [3.63, 3.8) is 0 Å². The summed E-state index contributed by atoms with van der Waals surface area (Å²) in [5, 5.41) is 3.58. The van der Waals surface area contributed by atoms with Crippen LogP contribution in [0.2, 0.25) is 5.02 Å². The van der Waals surface area contributed by atoms with E-state index in [1.54, 1.807) is 6.07 Å². The number of aryl methyl sites for hydroxylation is 1. The van der Waals surface area contributed by atoms with Crippen molar-refractivity contribution in [1.29, 1.82) is 0 Å². The first-order valence-electron chi connectivity index (χ1n) is 6.24. The van der Waals surface area contributed by atoms with Crippen molar-refractivity contribution in [2.24, 2.45) is 0 Å². The van der Waals surface area contributed by atoms with Crippen molar-refractivity contribution in [3.8, 4) is 0 Å². The topological polar surface area (TPSA) is 12.0 Å². The second-order valence-corrected chi connectivity index (χ2v) is 5.24. The van der Waals surface area contributed by atoms with E-state index < -0.39 is 17.5 Å². The molecule has 1 N–H and O–H groups in total. The number of rotatable bonds is 2. The fraction of sp³-hybridized carbons (Fsp3) is 0.200. The molecule has 2 aromatic rings. The van der Waals surface area contributed by atoms with Crippen LogP contribution in [0.15, 0.2) is 30.3 Å². The van der Waals surface area contributed by atoms with Crippen LogP contribution >= 0.6 is 11.6 Å². The summed E-state index contributed by atoms with van der Waals surface area (Å²) in [6.45, 7) is 0. The lowest BCUT2D eigenvalue weighted by Gasteiger charge is -2.16. The zero-order chi connectivity index (χ0) is 14.3. The maximum absolute atomic E-state index is 13.7. The molecule has 1 atom stereocenters. The van der Waals surface area contributed by atoms with Gasteiger partial charge in [0.15, 0.2) is 17.5 Å². The smallest absolute Gasteiger partial charge is 0.196 e. The summed E-state index contributed by atoms with van der Waals surface area (Å²) in [6.07, 6.45) is 1.58. The van der Waals surface area contributed by atoms with E-state index in [-0.39, 0.29) is 11.7 Å². The van der Waals surface area contributed by atoms with Gasteiger partial charge in [0.2, 0.25) is 0 Å². The Labute approximate surface area is 119 Å². The van der Waals surface area contributed by atoms with Gasteiger partial charge in [-0.15, -0.1) is 0 Å². The fourth-order valence-corrected chi connectivity index (χ4v) is 2.76. The zero-order valence-electron chi connectivity index (χ0n) is 10.4. The van der Waals surface area contributed by atoms with Crippen molar-refractivity contribution >= 4 is 17.3 Å². The lowest BCUT2D eigenvalue weighted by atomic mass is 10.1. The molecule has 104 valence electrons. The number of benzene rings is 2. The minimum absolute atomic E-state index is 0.0308. The van der Waals surface area contributed by atoms with Crippen LogP contribution in [-0.2, 0) is 6.42 Å². The van der Waals surface area contributed by atoms with E-state index in [9.17, 15) is 13.2 Å². The average molecular weight is 298 g/mol. The molecule has 1 aliphatic rings. The van der Waals surface area contributed by atoms with E-state index in [2.05, 4.69) is 5.32 Å². The van der Waals surface area contributed by atoms with Crippen LogP contribution in [0.25, 0.3) is 0 Å². The maximum atomic E-state index is 13.7. The molecular weight excluding hydrogens is 287 g/mol. The minimum atomic E-state index is -1.45. The lowest BCUT2D eigenvalue weighted by Crippen LogP contribution is -2.09. The second-order valence-electron chi connectivity index (χ2n) is 4.80. The van der Waals surface area contributed by atoms with Gasteiger partial charge in [-0.2, -0.15) is 0 Å². The molecule has 20 heavy (non-hydrogen) atoms. The molecule has 2 aromatic carbocycles. The molecule has 3 rings (SSSR count). The molecule has 0 heterocycles. The van der Waals surface area contributed by atoms with Gasteiger partial charge in [0.05, 0.1) is 11.7 Å². The van der Waals surface area contributed by atoms with Gasteiger partial charge in [0, 0.05) is 5.02 Å². The molecule has 0 saturated heterocycles. The summed E-state index contributed by atoms with van der Waals surface area (Å²) in [4.78, 5) is 0. The molecule has 0 spiro atoms. The third-order valence-corrected chi connectivity index (χ3v) is 3.78. The van der Waals surface area contributed by atoms with Crippen molar-refractivity contribution in [1.82, 2.24) is 0 Å². The van der Waals surface area contributed by atoms with Crippen molar-refractivity contribution in [2.75, 3.05) is 5.32 Å². The van der Waals surface area contributed by atoms with E-state index in [1.165, 1.54) is 6.07 Å². The average Bonchev–Trinajstić information content (AvgIpc) is 2.82. The predicted octanol–water partition coefficient (Wildman–Crippen LogP) is 4.86. The third-order valence-electron chi connectivity index (χ3n) is 3.55. The van der Waals surface area contributed by atoms with Crippen molar-refractivity contribution in [2.45, 2.75) is 18.9 Å². The maximum Gasteiger partial charge on any atom is 0.196 e. The Morgan fingerprint density at radius 1 is 1.05 bits per heavy atom. The Balaban J connectivity index is 1.90. The minimum Gasteiger partial charge on any atom is -0.376 e.